The van der Waals surface area contributed by atoms with Crippen LogP contribution in [0.4, 0.5) is 5.69 Å². The first-order chi connectivity index (χ1) is 13.1. The van der Waals surface area contributed by atoms with Crippen molar-refractivity contribution in [2.75, 3.05) is 17.7 Å². The molecule has 0 saturated carbocycles. The van der Waals surface area contributed by atoms with E-state index in [-0.39, 0.29) is 17.8 Å². The van der Waals surface area contributed by atoms with Gasteiger partial charge in [-0.2, -0.15) is 0 Å². The van der Waals surface area contributed by atoms with Crippen LogP contribution < -0.4 is 5.32 Å². The number of ether oxygens (including phenoxy) is 1. The van der Waals surface area contributed by atoms with Crippen LogP contribution in [-0.2, 0) is 28.9 Å². The number of tetrazole rings is 1. The first-order valence-corrected chi connectivity index (χ1v) is 10.6. The van der Waals surface area contributed by atoms with Gasteiger partial charge in [0.1, 0.15) is 0 Å². The quantitative estimate of drug-likeness (QED) is 0.673. The highest BCUT2D eigenvalue weighted by molar-refractivity contribution is 7.99. The number of hydrogen-bond acceptors (Lipinski definition) is 6. The lowest BCUT2D eigenvalue weighted by Gasteiger charge is -2.16. The number of benzene rings is 1. The molecular formula is C18H24ClN5O2S. The highest BCUT2D eigenvalue weighted by atomic mass is 35.5. The normalized spacial score (nSPS) is 16.6. The Hall–Kier alpha value is -1.64. The van der Waals surface area contributed by atoms with Gasteiger partial charge in [-0.05, 0) is 53.3 Å². The van der Waals surface area contributed by atoms with Gasteiger partial charge in [0.25, 0.3) is 0 Å². The van der Waals surface area contributed by atoms with Crippen molar-refractivity contribution < 1.29 is 9.53 Å². The summed E-state index contributed by atoms with van der Waals surface area (Å²) in [5, 5.41) is 16.1. The van der Waals surface area contributed by atoms with E-state index in [1.54, 1.807) is 4.68 Å². The van der Waals surface area contributed by atoms with E-state index in [1.165, 1.54) is 11.8 Å². The minimum atomic E-state index is -0.0988. The molecule has 0 spiro atoms. The van der Waals surface area contributed by atoms with Crippen molar-refractivity contribution in [3.8, 4) is 0 Å². The molecule has 1 aromatic carbocycles. The van der Waals surface area contributed by atoms with Crippen molar-refractivity contribution in [3.05, 3.63) is 28.3 Å². The summed E-state index contributed by atoms with van der Waals surface area (Å²) in [4.78, 5) is 12.5. The lowest BCUT2D eigenvalue weighted by Crippen LogP contribution is -2.19. The number of amides is 1. The SMILES string of the molecule is CCc1ccc(Cl)c(CC)c1NC(=O)CSc1nnnn1CC1CCCO1. The van der Waals surface area contributed by atoms with Crippen molar-refractivity contribution in [1.29, 1.82) is 0 Å². The average molecular weight is 410 g/mol. The molecule has 1 unspecified atom stereocenters. The minimum Gasteiger partial charge on any atom is -0.376 e. The van der Waals surface area contributed by atoms with E-state index in [0.29, 0.717) is 16.7 Å². The molecular weight excluding hydrogens is 386 g/mol. The Bertz CT molecular complexity index is 792. The maximum Gasteiger partial charge on any atom is 0.234 e. The molecule has 0 bridgehead atoms. The number of aryl methyl sites for hydroxylation is 1. The van der Waals surface area contributed by atoms with Gasteiger partial charge in [-0.25, -0.2) is 4.68 Å². The summed E-state index contributed by atoms with van der Waals surface area (Å²) < 4.78 is 7.34. The number of anilines is 1. The Labute approximate surface area is 168 Å². The third-order valence-electron chi connectivity index (χ3n) is 4.57. The van der Waals surface area contributed by atoms with E-state index >= 15 is 0 Å². The number of halogens is 1. The van der Waals surface area contributed by atoms with E-state index in [2.05, 4.69) is 27.8 Å². The van der Waals surface area contributed by atoms with Crippen LogP contribution in [0.5, 0.6) is 0 Å². The summed E-state index contributed by atoms with van der Waals surface area (Å²) in [7, 11) is 0. The molecule has 146 valence electrons. The second-order valence-corrected chi connectivity index (χ2v) is 7.73. The minimum absolute atomic E-state index is 0.0988. The summed E-state index contributed by atoms with van der Waals surface area (Å²) in [6, 6.07) is 3.86. The molecule has 1 aliphatic heterocycles. The first-order valence-electron chi connectivity index (χ1n) is 9.23. The Morgan fingerprint density at radius 1 is 1.41 bits per heavy atom. The summed E-state index contributed by atoms with van der Waals surface area (Å²) in [5.74, 6) is 0.128. The highest BCUT2D eigenvalue weighted by Crippen LogP contribution is 2.30. The van der Waals surface area contributed by atoms with Crippen molar-refractivity contribution in [1.82, 2.24) is 20.2 Å². The summed E-state index contributed by atoms with van der Waals surface area (Å²) in [6.45, 7) is 5.50. The lowest BCUT2D eigenvalue weighted by molar-refractivity contribution is -0.113. The number of hydrogen-bond donors (Lipinski definition) is 1. The largest absolute Gasteiger partial charge is 0.376 e. The molecule has 1 saturated heterocycles. The predicted molar refractivity (Wildman–Crippen MR) is 106 cm³/mol. The summed E-state index contributed by atoms with van der Waals surface area (Å²) >= 11 is 7.63. The predicted octanol–water partition coefficient (Wildman–Crippen LogP) is 3.36. The monoisotopic (exact) mass is 409 g/mol. The molecule has 1 aromatic heterocycles. The van der Waals surface area contributed by atoms with Gasteiger partial charge in [0.15, 0.2) is 0 Å². The van der Waals surface area contributed by atoms with Crippen LogP contribution in [0.3, 0.4) is 0 Å². The molecule has 9 heteroatoms. The van der Waals surface area contributed by atoms with Crippen molar-refractivity contribution >= 4 is 35.0 Å². The van der Waals surface area contributed by atoms with Crippen LogP contribution in [0, 0.1) is 0 Å². The summed E-state index contributed by atoms with van der Waals surface area (Å²) in [6.07, 6.45) is 3.81. The van der Waals surface area contributed by atoms with Gasteiger partial charge in [-0.15, -0.1) is 5.10 Å². The zero-order valence-electron chi connectivity index (χ0n) is 15.6. The van der Waals surface area contributed by atoms with Gasteiger partial charge in [-0.3, -0.25) is 4.79 Å². The Balaban J connectivity index is 1.63. The van der Waals surface area contributed by atoms with E-state index in [0.717, 1.165) is 49.1 Å². The van der Waals surface area contributed by atoms with Crippen LogP contribution in [0.1, 0.15) is 37.8 Å². The van der Waals surface area contributed by atoms with Crippen molar-refractivity contribution in [2.45, 2.75) is 57.3 Å². The average Bonchev–Trinajstić information content (AvgIpc) is 3.33. The smallest absolute Gasteiger partial charge is 0.234 e. The zero-order chi connectivity index (χ0) is 19.2. The number of thioether (sulfide) groups is 1. The standard InChI is InChI=1S/C18H24ClN5O2S/c1-3-12-7-8-15(19)14(4-2)17(12)20-16(25)11-27-18-21-22-23-24(18)10-13-6-5-9-26-13/h7-8,13H,3-6,9-11H2,1-2H3,(H,20,25). The molecule has 7 nitrogen and oxygen atoms in total. The molecule has 1 fully saturated rings. The second-order valence-electron chi connectivity index (χ2n) is 6.38. The highest BCUT2D eigenvalue weighted by Gasteiger charge is 2.20. The van der Waals surface area contributed by atoms with Gasteiger partial charge < -0.3 is 10.1 Å². The molecule has 1 atom stereocenters. The van der Waals surface area contributed by atoms with E-state index in [9.17, 15) is 4.79 Å². The molecule has 2 heterocycles. The first kappa shape index (κ1) is 20.1. The molecule has 1 N–H and O–H groups in total. The molecule has 3 rings (SSSR count). The number of nitrogens with zero attached hydrogens (tertiary/aromatic N) is 4. The summed E-state index contributed by atoms with van der Waals surface area (Å²) in [5.41, 5.74) is 2.88. The lowest BCUT2D eigenvalue weighted by atomic mass is 10.0. The number of nitrogens with one attached hydrogen (secondary N) is 1. The molecule has 1 amide bonds. The fourth-order valence-electron chi connectivity index (χ4n) is 3.17. The second kappa shape index (κ2) is 9.52. The molecule has 0 aliphatic carbocycles. The Morgan fingerprint density at radius 3 is 2.96 bits per heavy atom. The van der Waals surface area contributed by atoms with Crippen LogP contribution in [0.25, 0.3) is 0 Å². The molecule has 27 heavy (non-hydrogen) atoms. The van der Waals surface area contributed by atoms with Gasteiger partial charge in [-0.1, -0.05) is 43.3 Å². The van der Waals surface area contributed by atoms with Gasteiger partial charge in [0, 0.05) is 17.3 Å². The Morgan fingerprint density at radius 2 is 2.26 bits per heavy atom. The third kappa shape index (κ3) is 5.00. The fourth-order valence-corrected chi connectivity index (χ4v) is 4.15. The van der Waals surface area contributed by atoms with Crippen molar-refractivity contribution in [3.63, 3.8) is 0 Å². The maximum absolute atomic E-state index is 12.5. The number of carbonyl (C=O) groups excluding carboxylic acids is 1. The van der Waals surface area contributed by atoms with Gasteiger partial charge in [0.05, 0.1) is 18.4 Å². The topological polar surface area (TPSA) is 81.9 Å². The third-order valence-corrected chi connectivity index (χ3v) is 5.88. The van der Waals surface area contributed by atoms with Gasteiger partial charge in [0.2, 0.25) is 11.1 Å². The number of carbonyl (C=O) groups is 1. The van der Waals surface area contributed by atoms with Crippen LogP contribution >= 0.6 is 23.4 Å². The number of aromatic nitrogens is 4. The Kier molecular flexibility index (Phi) is 7.09. The van der Waals surface area contributed by atoms with Crippen LogP contribution in [0.2, 0.25) is 5.02 Å². The van der Waals surface area contributed by atoms with Crippen molar-refractivity contribution in [2.24, 2.45) is 0 Å². The molecule has 1 aliphatic rings. The molecule has 2 aromatic rings. The zero-order valence-corrected chi connectivity index (χ0v) is 17.1. The van der Waals surface area contributed by atoms with Crippen LogP contribution in [-0.4, -0.2) is 44.6 Å². The van der Waals surface area contributed by atoms with E-state index in [4.69, 9.17) is 16.3 Å². The van der Waals surface area contributed by atoms with Crippen LogP contribution in [0.15, 0.2) is 17.3 Å². The van der Waals surface area contributed by atoms with E-state index in [1.807, 2.05) is 19.1 Å². The molecule has 0 radical (unpaired) electrons. The number of rotatable bonds is 8. The van der Waals surface area contributed by atoms with Gasteiger partial charge >= 0.3 is 0 Å². The fraction of sp³-hybridized carbons (Fsp3) is 0.556. The van der Waals surface area contributed by atoms with E-state index < -0.39 is 0 Å². The maximum atomic E-state index is 12.5.